The summed E-state index contributed by atoms with van der Waals surface area (Å²) >= 11 is 0. The van der Waals surface area contributed by atoms with Crippen LogP contribution in [0.4, 0.5) is 0 Å². The molecule has 45 heavy (non-hydrogen) atoms. The van der Waals surface area contributed by atoms with E-state index in [1.54, 1.807) is 0 Å². The quantitative estimate of drug-likeness (QED) is 0.189. The highest BCUT2D eigenvalue weighted by Gasteiger charge is 2.57. The number of hydrogen-bond donors (Lipinski definition) is 0. The van der Waals surface area contributed by atoms with E-state index >= 15 is 0 Å². The van der Waals surface area contributed by atoms with E-state index in [1.165, 1.54) is 22.3 Å². The van der Waals surface area contributed by atoms with Crippen LogP contribution in [0.25, 0.3) is 0 Å². The first-order valence-electron chi connectivity index (χ1n) is 15.1. The van der Waals surface area contributed by atoms with Gasteiger partial charge in [-0.2, -0.15) is 0 Å². The van der Waals surface area contributed by atoms with Crippen LogP contribution in [0.15, 0.2) is 60.7 Å². The zero-order chi connectivity index (χ0) is 31.1. The van der Waals surface area contributed by atoms with Crippen LogP contribution in [0.3, 0.4) is 0 Å². The van der Waals surface area contributed by atoms with E-state index in [0.717, 1.165) is 12.8 Å². The number of terminal acetylenes is 2. The molecule has 0 bridgehead atoms. The molecular formula is C39H32O6. The maximum atomic E-state index is 6.45. The number of benzene rings is 4. The van der Waals surface area contributed by atoms with Crippen molar-refractivity contribution in [1.29, 1.82) is 0 Å². The fraction of sp³-hybridized carbons (Fsp3) is 0.282. The van der Waals surface area contributed by atoms with Crippen molar-refractivity contribution in [3.8, 4) is 82.2 Å². The van der Waals surface area contributed by atoms with E-state index in [4.69, 9.17) is 41.3 Å². The highest BCUT2D eigenvalue weighted by atomic mass is 16.6. The molecule has 0 saturated carbocycles. The summed E-state index contributed by atoms with van der Waals surface area (Å²) in [4.78, 5) is 0. The zero-order valence-corrected chi connectivity index (χ0v) is 25.7. The SMILES string of the molecule is C#CCOc1ccc2c(c1)Oc1cc3c(cc1O2)C1(CC3(C)C)CC(C)(C)c2cc3c(cc21)Oc1ccc(OCC#C)cc1O3. The van der Waals surface area contributed by atoms with Gasteiger partial charge in [-0.15, -0.1) is 12.8 Å². The standard InChI is InChI=1S/C39H32O6/c1-7-13-40-23-9-11-29-31(15-23)44-33-17-25-27(19-35(33)42-29)39(21-37(25,3)4)22-38(5,6)26-18-34-36(20-28(26)39)43-30-12-10-24(41-14-8-2)16-32(30)45-34/h1-2,9-12,15-20H,13-14,21-22H2,3-6H3. The molecule has 224 valence electrons. The number of hydrogen-bond acceptors (Lipinski definition) is 6. The molecule has 0 fully saturated rings. The second-order valence-corrected chi connectivity index (χ2v) is 13.5. The third-order valence-corrected chi connectivity index (χ3v) is 9.50. The summed E-state index contributed by atoms with van der Waals surface area (Å²) in [6, 6.07) is 19.7. The minimum Gasteiger partial charge on any atom is -0.481 e. The molecule has 4 aromatic carbocycles. The molecule has 8 rings (SSSR count). The molecule has 0 unspecified atom stereocenters. The van der Waals surface area contributed by atoms with Crippen LogP contribution in [-0.2, 0) is 16.2 Å². The molecular weight excluding hydrogens is 564 g/mol. The van der Waals surface area contributed by atoms with Gasteiger partial charge in [-0.1, -0.05) is 39.5 Å². The van der Waals surface area contributed by atoms with E-state index < -0.39 is 0 Å². The van der Waals surface area contributed by atoms with Gasteiger partial charge in [0.25, 0.3) is 0 Å². The lowest BCUT2D eigenvalue weighted by Gasteiger charge is -2.31. The van der Waals surface area contributed by atoms with Crippen molar-refractivity contribution >= 4 is 0 Å². The van der Waals surface area contributed by atoms with E-state index in [2.05, 4.69) is 63.8 Å². The molecule has 0 amide bonds. The summed E-state index contributed by atoms with van der Waals surface area (Å²) in [6.07, 6.45) is 12.6. The molecule has 0 saturated heterocycles. The van der Waals surface area contributed by atoms with Gasteiger partial charge in [0.1, 0.15) is 24.7 Å². The van der Waals surface area contributed by atoms with Crippen LogP contribution < -0.4 is 28.4 Å². The number of fused-ring (bicyclic) bond motifs is 8. The fourth-order valence-electron chi connectivity index (χ4n) is 7.85. The Bertz CT molecular complexity index is 1860. The molecule has 2 aliphatic carbocycles. The van der Waals surface area contributed by atoms with Crippen LogP contribution in [-0.4, -0.2) is 13.2 Å². The van der Waals surface area contributed by atoms with E-state index in [-0.39, 0.29) is 29.5 Å². The van der Waals surface area contributed by atoms with Crippen LogP contribution in [0.5, 0.6) is 57.5 Å². The van der Waals surface area contributed by atoms with Crippen molar-refractivity contribution in [2.24, 2.45) is 0 Å². The highest BCUT2D eigenvalue weighted by Crippen LogP contribution is 2.66. The molecule has 0 radical (unpaired) electrons. The third kappa shape index (κ3) is 4.13. The Kier molecular flexibility index (Phi) is 5.71. The Balaban J connectivity index is 1.20. The summed E-state index contributed by atoms with van der Waals surface area (Å²) in [5, 5.41) is 0. The second-order valence-electron chi connectivity index (χ2n) is 13.5. The monoisotopic (exact) mass is 596 g/mol. The van der Waals surface area contributed by atoms with E-state index in [9.17, 15) is 0 Å². The van der Waals surface area contributed by atoms with Gasteiger partial charge < -0.3 is 28.4 Å². The molecule has 6 nitrogen and oxygen atoms in total. The van der Waals surface area contributed by atoms with Crippen molar-refractivity contribution in [3.05, 3.63) is 82.9 Å². The van der Waals surface area contributed by atoms with Crippen molar-refractivity contribution in [2.75, 3.05) is 13.2 Å². The Morgan fingerprint density at radius 3 is 1.29 bits per heavy atom. The Morgan fingerprint density at radius 1 is 0.533 bits per heavy atom. The summed E-state index contributed by atoms with van der Waals surface area (Å²) in [7, 11) is 0. The maximum Gasteiger partial charge on any atom is 0.173 e. The first-order chi connectivity index (χ1) is 21.6. The smallest absolute Gasteiger partial charge is 0.173 e. The van der Waals surface area contributed by atoms with Gasteiger partial charge in [0.2, 0.25) is 0 Å². The first-order valence-corrected chi connectivity index (χ1v) is 15.1. The molecule has 0 atom stereocenters. The predicted octanol–water partition coefficient (Wildman–Crippen LogP) is 9.16. The van der Waals surface area contributed by atoms with Crippen molar-refractivity contribution in [3.63, 3.8) is 0 Å². The predicted molar refractivity (Wildman–Crippen MR) is 171 cm³/mol. The van der Waals surface area contributed by atoms with Gasteiger partial charge in [0.05, 0.1) is 0 Å². The molecule has 4 aromatic rings. The summed E-state index contributed by atoms with van der Waals surface area (Å²) in [6.45, 7) is 9.64. The van der Waals surface area contributed by atoms with Crippen LogP contribution in [0.2, 0.25) is 0 Å². The Morgan fingerprint density at radius 2 is 0.889 bits per heavy atom. The summed E-state index contributed by atoms with van der Waals surface area (Å²) in [5.74, 6) is 11.6. The molecule has 0 aromatic heterocycles. The van der Waals surface area contributed by atoms with Crippen molar-refractivity contribution < 1.29 is 28.4 Å². The Hall–Kier alpha value is -5.20. The topological polar surface area (TPSA) is 55.4 Å². The molecule has 6 heteroatoms. The molecule has 0 N–H and O–H groups in total. The van der Waals surface area contributed by atoms with Crippen LogP contribution in [0.1, 0.15) is 62.8 Å². The average Bonchev–Trinajstić information content (AvgIpc) is 3.37. The normalized spacial score (nSPS) is 17.6. The maximum absolute atomic E-state index is 6.45. The van der Waals surface area contributed by atoms with Gasteiger partial charge in [-0.25, -0.2) is 0 Å². The van der Waals surface area contributed by atoms with Gasteiger partial charge in [-0.3, -0.25) is 0 Å². The third-order valence-electron chi connectivity index (χ3n) is 9.50. The van der Waals surface area contributed by atoms with Gasteiger partial charge in [0, 0.05) is 17.5 Å². The summed E-state index contributed by atoms with van der Waals surface area (Å²) < 4.78 is 36.9. The zero-order valence-electron chi connectivity index (χ0n) is 25.7. The minimum atomic E-state index is -0.241. The first kappa shape index (κ1) is 27.4. The lowest BCUT2D eigenvalue weighted by atomic mass is 9.72. The lowest BCUT2D eigenvalue weighted by molar-refractivity contribution is 0.342. The van der Waals surface area contributed by atoms with E-state index in [0.29, 0.717) is 57.5 Å². The molecule has 2 heterocycles. The van der Waals surface area contributed by atoms with Crippen molar-refractivity contribution in [2.45, 2.75) is 56.8 Å². The molecule has 2 aliphatic heterocycles. The van der Waals surface area contributed by atoms with Gasteiger partial charge in [0.15, 0.2) is 46.0 Å². The average molecular weight is 597 g/mol. The largest absolute Gasteiger partial charge is 0.481 e. The van der Waals surface area contributed by atoms with E-state index in [1.807, 2.05) is 36.4 Å². The van der Waals surface area contributed by atoms with Gasteiger partial charge >= 0.3 is 0 Å². The molecule has 1 spiro atoms. The fourth-order valence-corrected chi connectivity index (χ4v) is 7.85. The summed E-state index contributed by atoms with van der Waals surface area (Å²) in [5.41, 5.74) is 4.59. The number of rotatable bonds is 4. The van der Waals surface area contributed by atoms with Crippen LogP contribution in [0, 0.1) is 24.7 Å². The van der Waals surface area contributed by atoms with Crippen LogP contribution >= 0.6 is 0 Å². The number of ether oxygens (including phenoxy) is 6. The van der Waals surface area contributed by atoms with Gasteiger partial charge in [-0.05, 0) is 94.5 Å². The van der Waals surface area contributed by atoms with Crippen molar-refractivity contribution in [1.82, 2.24) is 0 Å². The lowest BCUT2D eigenvalue weighted by Crippen LogP contribution is -2.27. The Labute approximate surface area is 263 Å². The second kappa shape index (κ2) is 9.40. The minimum absolute atomic E-state index is 0.113. The molecule has 4 aliphatic rings. The highest BCUT2D eigenvalue weighted by molar-refractivity contribution is 5.69.